The summed E-state index contributed by atoms with van der Waals surface area (Å²) >= 11 is 0. The van der Waals surface area contributed by atoms with E-state index in [4.69, 9.17) is 5.73 Å². The highest BCUT2D eigenvalue weighted by molar-refractivity contribution is 7.86. The van der Waals surface area contributed by atoms with Crippen LogP contribution in [0.3, 0.4) is 0 Å². The molecule has 2 aromatic rings. The normalized spacial score (nSPS) is 11.7. The minimum atomic E-state index is -4.40. The van der Waals surface area contributed by atoms with Crippen LogP contribution in [-0.2, 0) is 10.1 Å². The van der Waals surface area contributed by atoms with Gasteiger partial charge in [0, 0.05) is 17.8 Å². The SMILES string of the molecule is Nc1ccc(/C=C/c2ccc([N+](=O)[O-])cc2)c(S(=O)(=O)O)c1. The summed E-state index contributed by atoms with van der Waals surface area (Å²) in [6, 6.07) is 9.85. The number of hydrogen-bond acceptors (Lipinski definition) is 5. The van der Waals surface area contributed by atoms with E-state index in [9.17, 15) is 23.1 Å². The highest BCUT2D eigenvalue weighted by atomic mass is 32.2. The zero-order valence-corrected chi connectivity index (χ0v) is 12.0. The van der Waals surface area contributed by atoms with Gasteiger partial charge in [-0.05, 0) is 35.4 Å². The molecule has 8 heteroatoms. The van der Waals surface area contributed by atoms with Crippen LogP contribution in [0.4, 0.5) is 11.4 Å². The fourth-order valence-electron chi connectivity index (χ4n) is 1.81. The monoisotopic (exact) mass is 320 g/mol. The molecule has 0 atom stereocenters. The number of benzene rings is 2. The van der Waals surface area contributed by atoms with Gasteiger partial charge in [-0.3, -0.25) is 14.7 Å². The second-order valence-electron chi connectivity index (χ2n) is 4.45. The number of nitrogens with two attached hydrogens (primary N) is 1. The van der Waals surface area contributed by atoms with Gasteiger partial charge in [0.25, 0.3) is 15.8 Å². The van der Waals surface area contributed by atoms with Gasteiger partial charge < -0.3 is 5.73 Å². The summed E-state index contributed by atoms with van der Waals surface area (Å²) in [6.07, 6.45) is 3.05. The number of hydrogen-bond donors (Lipinski definition) is 2. The summed E-state index contributed by atoms with van der Waals surface area (Å²) in [7, 11) is -4.40. The van der Waals surface area contributed by atoms with Gasteiger partial charge >= 0.3 is 0 Å². The molecule has 0 saturated heterocycles. The topological polar surface area (TPSA) is 124 Å². The first-order chi connectivity index (χ1) is 10.3. The molecule has 0 fully saturated rings. The Kier molecular flexibility index (Phi) is 4.25. The third kappa shape index (κ3) is 3.68. The summed E-state index contributed by atoms with van der Waals surface area (Å²) in [5, 5.41) is 10.6. The lowest BCUT2D eigenvalue weighted by Gasteiger charge is -2.04. The average molecular weight is 320 g/mol. The molecule has 0 bridgehead atoms. The Labute approximate surface area is 126 Å². The lowest BCUT2D eigenvalue weighted by Crippen LogP contribution is -2.02. The van der Waals surface area contributed by atoms with Crippen molar-refractivity contribution in [1.29, 1.82) is 0 Å². The predicted molar refractivity (Wildman–Crippen MR) is 82.7 cm³/mol. The maximum absolute atomic E-state index is 11.3. The smallest absolute Gasteiger partial charge is 0.295 e. The third-order valence-corrected chi connectivity index (χ3v) is 3.78. The summed E-state index contributed by atoms with van der Waals surface area (Å²) < 4.78 is 31.9. The first kappa shape index (κ1) is 15.7. The van der Waals surface area contributed by atoms with E-state index in [1.54, 1.807) is 6.08 Å². The quantitative estimate of drug-likeness (QED) is 0.293. The Hall–Kier alpha value is -2.71. The molecule has 0 aliphatic carbocycles. The Bertz CT molecular complexity index is 842. The maximum Gasteiger partial charge on any atom is 0.295 e. The van der Waals surface area contributed by atoms with Gasteiger partial charge in [-0.15, -0.1) is 0 Å². The van der Waals surface area contributed by atoms with Crippen molar-refractivity contribution in [3.05, 3.63) is 63.7 Å². The lowest BCUT2D eigenvalue weighted by molar-refractivity contribution is -0.384. The van der Waals surface area contributed by atoms with Crippen molar-refractivity contribution in [3.8, 4) is 0 Å². The van der Waals surface area contributed by atoms with E-state index in [1.807, 2.05) is 0 Å². The molecule has 0 heterocycles. The van der Waals surface area contributed by atoms with E-state index < -0.39 is 15.0 Å². The second-order valence-corrected chi connectivity index (χ2v) is 5.84. The molecule has 0 radical (unpaired) electrons. The van der Waals surface area contributed by atoms with Gasteiger partial charge in [0.05, 0.1) is 4.92 Å². The van der Waals surface area contributed by atoms with Crippen molar-refractivity contribution in [2.75, 3.05) is 5.73 Å². The van der Waals surface area contributed by atoms with Crippen molar-refractivity contribution < 1.29 is 17.9 Å². The van der Waals surface area contributed by atoms with Crippen LogP contribution in [0.5, 0.6) is 0 Å². The molecule has 2 rings (SSSR count). The van der Waals surface area contributed by atoms with Gasteiger partial charge in [0.2, 0.25) is 0 Å². The minimum absolute atomic E-state index is 0.0386. The average Bonchev–Trinajstić information content (AvgIpc) is 2.45. The summed E-state index contributed by atoms with van der Waals surface area (Å²) in [4.78, 5) is 9.75. The first-order valence-corrected chi connectivity index (χ1v) is 7.51. The van der Waals surface area contributed by atoms with Crippen LogP contribution in [0.2, 0.25) is 0 Å². The van der Waals surface area contributed by atoms with Gasteiger partial charge in [-0.2, -0.15) is 8.42 Å². The maximum atomic E-state index is 11.3. The van der Waals surface area contributed by atoms with Gasteiger partial charge in [-0.1, -0.05) is 18.2 Å². The predicted octanol–water partition coefficient (Wildman–Crippen LogP) is 2.59. The van der Waals surface area contributed by atoms with E-state index in [-0.39, 0.29) is 21.8 Å². The second kappa shape index (κ2) is 5.96. The van der Waals surface area contributed by atoms with Gasteiger partial charge in [0.1, 0.15) is 4.90 Å². The first-order valence-electron chi connectivity index (χ1n) is 6.07. The standard InChI is InChI=1S/C14H12N2O5S/c15-12-6-5-11(14(9-12)22(19,20)21)4-1-10-2-7-13(8-3-10)16(17)18/h1-9H,15H2,(H,19,20,21)/b4-1+. The molecule has 2 aromatic carbocycles. The van der Waals surface area contributed by atoms with Crippen LogP contribution in [0.25, 0.3) is 12.2 Å². The van der Waals surface area contributed by atoms with Gasteiger partial charge in [-0.25, -0.2) is 0 Å². The third-order valence-electron chi connectivity index (χ3n) is 2.87. The zero-order chi connectivity index (χ0) is 16.3. The molecule has 0 saturated carbocycles. The molecular weight excluding hydrogens is 308 g/mol. The molecule has 3 N–H and O–H groups in total. The van der Waals surface area contributed by atoms with Crippen LogP contribution in [0.1, 0.15) is 11.1 Å². The van der Waals surface area contributed by atoms with Crippen molar-refractivity contribution in [3.63, 3.8) is 0 Å². The van der Waals surface area contributed by atoms with E-state index in [0.717, 1.165) is 6.07 Å². The number of rotatable bonds is 4. The highest BCUT2D eigenvalue weighted by Gasteiger charge is 2.14. The Morgan fingerprint density at radius 3 is 2.27 bits per heavy atom. The van der Waals surface area contributed by atoms with Crippen LogP contribution in [0, 0.1) is 10.1 Å². The van der Waals surface area contributed by atoms with Crippen molar-refractivity contribution in [1.82, 2.24) is 0 Å². The number of nitrogen functional groups attached to an aromatic ring is 1. The molecule has 0 aromatic heterocycles. The molecule has 0 amide bonds. The van der Waals surface area contributed by atoms with Crippen LogP contribution in [0.15, 0.2) is 47.4 Å². The summed E-state index contributed by atoms with van der Waals surface area (Å²) in [6.45, 7) is 0. The van der Waals surface area contributed by atoms with Crippen molar-refractivity contribution in [2.24, 2.45) is 0 Å². The fourth-order valence-corrected chi connectivity index (χ4v) is 2.52. The zero-order valence-electron chi connectivity index (χ0n) is 11.2. The fraction of sp³-hybridized carbons (Fsp3) is 0. The van der Waals surface area contributed by atoms with Crippen molar-refractivity contribution >= 4 is 33.6 Å². The minimum Gasteiger partial charge on any atom is -0.399 e. The van der Waals surface area contributed by atoms with Gasteiger partial charge in [0.15, 0.2) is 0 Å². The molecular formula is C14H12N2O5S. The van der Waals surface area contributed by atoms with E-state index in [1.165, 1.54) is 42.5 Å². The molecule has 7 nitrogen and oxygen atoms in total. The number of non-ortho nitro benzene ring substituents is 1. The van der Waals surface area contributed by atoms with Crippen LogP contribution >= 0.6 is 0 Å². The molecule has 0 aliphatic rings. The Morgan fingerprint density at radius 2 is 1.73 bits per heavy atom. The lowest BCUT2D eigenvalue weighted by atomic mass is 10.1. The Morgan fingerprint density at radius 1 is 1.09 bits per heavy atom. The molecule has 0 spiro atoms. The van der Waals surface area contributed by atoms with Crippen molar-refractivity contribution in [2.45, 2.75) is 4.90 Å². The van der Waals surface area contributed by atoms with E-state index in [0.29, 0.717) is 5.56 Å². The largest absolute Gasteiger partial charge is 0.399 e. The summed E-state index contributed by atoms with van der Waals surface area (Å²) in [5.74, 6) is 0. The Balaban J connectivity index is 2.36. The molecule has 22 heavy (non-hydrogen) atoms. The molecule has 0 aliphatic heterocycles. The van der Waals surface area contributed by atoms with E-state index in [2.05, 4.69) is 0 Å². The number of nitro benzene ring substituents is 1. The number of nitro groups is 1. The molecule has 114 valence electrons. The summed E-state index contributed by atoms with van der Waals surface area (Å²) in [5.41, 5.74) is 6.58. The highest BCUT2D eigenvalue weighted by Crippen LogP contribution is 2.22. The van der Waals surface area contributed by atoms with Crippen LogP contribution < -0.4 is 5.73 Å². The molecule has 0 unspecified atom stereocenters. The number of nitrogens with zero attached hydrogens (tertiary/aromatic N) is 1. The van der Waals surface area contributed by atoms with E-state index >= 15 is 0 Å². The van der Waals surface area contributed by atoms with Crippen LogP contribution in [-0.4, -0.2) is 17.9 Å². The number of anilines is 1.